The van der Waals surface area contributed by atoms with Crippen LogP contribution in [-0.4, -0.2) is 0 Å². The molecule has 2 rings (SSSR count). The first-order valence-electron chi connectivity index (χ1n) is 6.98. The summed E-state index contributed by atoms with van der Waals surface area (Å²) in [6.45, 7) is 4.03. The first-order valence-corrected chi connectivity index (χ1v) is 7.74. The zero-order valence-corrected chi connectivity index (χ0v) is 13.5. The summed E-state index contributed by atoms with van der Waals surface area (Å²) in [4.78, 5) is 0. The normalized spacial score (nSPS) is 14.0. The molecule has 0 aliphatic heterocycles. The fourth-order valence-electron chi connectivity index (χ4n) is 2.40. The molecule has 112 valence electrons. The molecule has 0 saturated carbocycles. The van der Waals surface area contributed by atoms with Crippen molar-refractivity contribution in [3.8, 4) is 0 Å². The van der Waals surface area contributed by atoms with Crippen LogP contribution in [0.5, 0.6) is 0 Å². The van der Waals surface area contributed by atoms with Crippen molar-refractivity contribution in [1.82, 2.24) is 5.32 Å². The van der Waals surface area contributed by atoms with Gasteiger partial charge in [0, 0.05) is 17.6 Å². The van der Waals surface area contributed by atoms with Crippen molar-refractivity contribution in [1.29, 1.82) is 0 Å². The third kappa shape index (κ3) is 3.97. The van der Waals surface area contributed by atoms with E-state index in [0.717, 1.165) is 12.0 Å². The van der Waals surface area contributed by atoms with E-state index in [0.29, 0.717) is 15.6 Å². The van der Waals surface area contributed by atoms with Gasteiger partial charge in [-0.25, -0.2) is 4.39 Å². The van der Waals surface area contributed by atoms with Gasteiger partial charge in [-0.1, -0.05) is 54.4 Å². The Labute approximate surface area is 135 Å². The van der Waals surface area contributed by atoms with Crippen molar-refractivity contribution in [2.45, 2.75) is 32.4 Å². The first kappa shape index (κ1) is 16.3. The molecule has 1 N–H and O–H groups in total. The third-order valence-electron chi connectivity index (χ3n) is 3.58. The van der Waals surface area contributed by atoms with Crippen LogP contribution >= 0.6 is 23.2 Å². The zero-order chi connectivity index (χ0) is 15.4. The molecule has 0 fully saturated rings. The highest BCUT2D eigenvalue weighted by molar-refractivity contribution is 6.42. The summed E-state index contributed by atoms with van der Waals surface area (Å²) in [7, 11) is 0. The Morgan fingerprint density at radius 3 is 2.43 bits per heavy atom. The van der Waals surface area contributed by atoms with Gasteiger partial charge >= 0.3 is 0 Å². The second-order valence-electron chi connectivity index (χ2n) is 5.04. The van der Waals surface area contributed by atoms with E-state index in [4.69, 9.17) is 23.2 Å². The Balaban J connectivity index is 2.19. The minimum Gasteiger partial charge on any atom is -0.303 e. The van der Waals surface area contributed by atoms with E-state index in [1.165, 1.54) is 6.07 Å². The maximum absolute atomic E-state index is 13.8. The largest absolute Gasteiger partial charge is 0.303 e. The molecule has 0 amide bonds. The maximum atomic E-state index is 13.8. The summed E-state index contributed by atoms with van der Waals surface area (Å²) in [6, 6.07) is 12.4. The standard InChI is InChI=1S/C17H18Cl2FN/c1-3-17(12-8-9-14(18)15(19)10-12)21-11(2)13-6-4-5-7-16(13)20/h4-11,17,21H,3H2,1-2H3/t11-,17?/m1/s1. The highest BCUT2D eigenvalue weighted by Gasteiger charge is 2.16. The van der Waals surface area contributed by atoms with Gasteiger partial charge in [-0.05, 0) is 37.1 Å². The Kier molecular flexibility index (Phi) is 5.63. The molecule has 0 heterocycles. The van der Waals surface area contributed by atoms with Gasteiger partial charge in [0.2, 0.25) is 0 Å². The fraction of sp³-hybridized carbons (Fsp3) is 0.294. The molecule has 2 atom stereocenters. The monoisotopic (exact) mass is 325 g/mol. The van der Waals surface area contributed by atoms with Gasteiger partial charge in [0.05, 0.1) is 10.0 Å². The van der Waals surface area contributed by atoms with Crippen molar-refractivity contribution < 1.29 is 4.39 Å². The van der Waals surface area contributed by atoms with Gasteiger partial charge in [-0.15, -0.1) is 0 Å². The zero-order valence-electron chi connectivity index (χ0n) is 12.0. The molecule has 0 bridgehead atoms. The highest BCUT2D eigenvalue weighted by Crippen LogP contribution is 2.29. The molecule has 1 nitrogen and oxygen atoms in total. The molecule has 0 aromatic heterocycles. The number of rotatable bonds is 5. The van der Waals surface area contributed by atoms with Crippen molar-refractivity contribution in [3.63, 3.8) is 0 Å². The molecule has 2 aromatic carbocycles. The van der Waals surface area contributed by atoms with Crippen LogP contribution in [0.4, 0.5) is 4.39 Å². The Bertz CT molecular complexity index is 615. The average molecular weight is 326 g/mol. The number of hydrogen-bond acceptors (Lipinski definition) is 1. The van der Waals surface area contributed by atoms with Crippen LogP contribution in [0.2, 0.25) is 10.0 Å². The van der Waals surface area contributed by atoms with Crippen LogP contribution in [0.25, 0.3) is 0 Å². The molecule has 1 unspecified atom stereocenters. The van der Waals surface area contributed by atoms with Gasteiger partial charge in [0.15, 0.2) is 0 Å². The minimum atomic E-state index is -0.193. The number of nitrogens with one attached hydrogen (secondary N) is 1. The van der Waals surface area contributed by atoms with Crippen molar-refractivity contribution in [3.05, 3.63) is 69.5 Å². The predicted octanol–water partition coefficient (Wildman–Crippen LogP) is 5.93. The molecule has 4 heteroatoms. The van der Waals surface area contributed by atoms with Crippen LogP contribution in [0.15, 0.2) is 42.5 Å². The predicted molar refractivity (Wildman–Crippen MR) is 87.4 cm³/mol. The molecule has 0 radical (unpaired) electrons. The topological polar surface area (TPSA) is 12.0 Å². The molecule has 0 spiro atoms. The summed E-state index contributed by atoms with van der Waals surface area (Å²) in [5, 5.41) is 4.52. The van der Waals surface area contributed by atoms with Crippen molar-refractivity contribution >= 4 is 23.2 Å². The van der Waals surface area contributed by atoms with E-state index in [1.807, 2.05) is 25.1 Å². The molecule has 0 saturated heterocycles. The summed E-state index contributed by atoms with van der Waals surface area (Å²) in [5.41, 5.74) is 1.71. The lowest BCUT2D eigenvalue weighted by atomic mass is 10.0. The fourth-order valence-corrected chi connectivity index (χ4v) is 2.70. The van der Waals surface area contributed by atoms with Crippen LogP contribution in [0.1, 0.15) is 43.5 Å². The number of halogens is 3. The SMILES string of the molecule is CCC(N[C@H](C)c1ccccc1F)c1ccc(Cl)c(Cl)c1. The quantitative estimate of drug-likeness (QED) is 0.717. The second kappa shape index (κ2) is 7.26. The van der Waals surface area contributed by atoms with E-state index >= 15 is 0 Å². The van der Waals surface area contributed by atoms with Gasteiger partial charge < -0.3 is 5.32 Å². The molecule has 2 aromatic rings. The summed E-state index contributed by atoms with van der Waals surface area (Å²) in [5.74, 6) is -0.193. The van der Waals surface area contributed by atoms with Crippen LogP contribution in [0.3, 0.4) is 0 Å². The van der Waals surface area contributed by atoms with E-state index in [1.54, 1.807) is 18.2 Å². The van der Waals surface area contributed by atoms with Gasteiger partial charge in [-0.3, -0.25) is 0 Å². The minimum absolute atomic E-state index is 0.0920. The number of hydrogen-bond donors (Lipinski definition) is 1. The summed E-state index contributed by atoms with van der Waals surface area (Å²) in [6.07, 6.45) is 0.872. The van der Waals surface area contributed by atoms with Gasteiger partial charge in [-0.2, -0.15) is 0 Å². The Morgan fingerprint density at radius 2 is 1.81 bits per heavy atom. The third-order valence-corrected chi connectivity index (χ3v) is 4.32. The summed E-state index contributed by atoms with van der Waals surface area (Å²) >= 11 is 12.0. The molecule has 21 heavy (non-hydrogen) atoms. The Hall–Kier alpha value is -1.09. The van der Waals surface area contributed by atoms with Crippen LogP contribution in [-0.2, 0) is 0 Å². The molecular formula is C17H18Cl2FN. The molecule has 0 aliphatic carbocycles. The highest BCUT2D eigenvalue weighted by atomic mass is 35.5. The van der Waals surface area contributed by atoms with E-state index in [2.05, 4.69) is 12.2 Å². The smallest absolute Gasteiger partial charge is 0.127 e. The number of benzene rings is 2. The van der Waals surface area contributed by atoms with E-state index < -0.39 is 0 Å². The van der Waals surface area contributed by atoms with E-state index in [9.17, 15) is 4.39 Å². The lowest BCUT2D eigenvalue weighted by Gasteiger charge is -2.23. The van der Waals surface area contributed by atoms with Gasteiger partial charge in [0.25, 0.3) is 0 Å². The van der Waals surface area contributed by atoms with Crippen molar-refractivity contribution in [2.75, 3.05) is 0 Å². The molecule has 0 aliphatic rings. The van der Waals surface area contributed by atoms with Crippen LogP contribution < -0.4 is 5.32 Å². The van der Waals surface area contributed by atoms with Crippen LogP contribution in [0, 0.1) is 5.82 Å². The van der Waals surface area contributed by atoms with Gasteiger partial charge in [0.1, 0.15) is 5.82 Å². The average Bonchev–Trinajstić information content (AvgIpc) is 2.48. The first-order chi connectivity index (χ1) is 10.0. The van der Waals surface area contributed by atoms with E-state index in [-0.39, 0.29) is 17.9 Å². The second-order valence-corrected chi connectivity index (χ2v) is 5.86. The lowest BCUT2D eigenvalue weighted by molar-refractivity contribution is 0.443. The maximum Gasteiger partial charge on any atom is 0.127 e. The molecular weight excluding hydrogens is 308 g/mol. The Morgan fingerprint density at radius 1 is 1.10 bits per heavy atom. The lowest BCUT2D eigenvalue weighted by Crippen LogP contribution is -2.25. The van der Waals surface area contributed by atoms with Crippen molar-refractivity contribution in [2.24, 2.45) is 0 Å². The summed E-state index contributed by atoms with van der Waals surface area (Å²) < 4.78 is 13.8.